The lowest BCUT2D eigenvalue weighted by Gasteiger charge is -2.40. The maximum atomic E-state index is 11.4. The summed E-state index contributed by atoms with van der Waals surface area (Å²) < 4.78 is 11.1. The van der Waals surface area contributed by atoms with E-state index in [0.29, 0.717) is 11.3 Å². The van der Waals surface area contributed by atoms with Gasteiger partial charge < -0.3 is 14.3 Å². The highest BCUT2D eigenvalue weighted by Gasteiger charge is 2.41. The lowest BCUT2D eigenvalue weighted by atomic mass is 9.82. The summed E-state index contributed by atoms with van der Waals surface area (Å²) in [5.41, 5.74) is 0.219. The molecule has 100 valence electrons. The second kappa shape index (κ2) is 3.84. The Morgan fingerprint density at radius 3 is 2.63 bits per heavy atom. The number of aliphatic hydroxyl groups excluding tert-OH is 1. The molecule has 1 unspecified atom stereocenters. The molecule has 1 aliphatic rings. The van der Waals surface area contributed by atoms with E-state index in [1.807, 2.05) is 32.9 Å². The van der Waals surface area contributed by atoms with E-state index in [0.717, 1.165) is 10.9 Å². The summed E-state index contributed by atoms with van der Waals surface area (Å²) in [6, 6.07) is 6.84. The van der Waals surface area contributed by atoms with Crippen LogP contribution in [0.2, 0.25) is 0 Å². The van der Waals surface area contributed by atoms with E-state index in [1.54, 1.807) is 6.07 Å². The van der Waals surface area contributed by atoms with Crippen LogP contribution >= 0.6 is 0 Å². The molecule has 1 aliphatic heterocycles. The van der Waals surface area contributed by atoms with Crippen LogP contribution in [0, 0.1) is 0 Å². The fourth-order valence-electron chi connectivity index (χ4n) is 2.76. The Kier molecular flexibility index (Phi) is 2.47. The third-order valence-corrected chi connectivity index (χ3v) is 3.80. The molecule has 1 N–H and O–H groups in total. The van der Waals surface area contributed by atoms with Crippen LogP contribution in [0.3, 0.4) is 0 Å². The molecule has 19 heavy (non-hydrogen) atoms. The van der Waals surface area contributed by atoms with Gasteiger partial charge in [-0.2, -0.15) is 0 Å². The van der Waals surface area contributed by atoms with Gasteiger partial charge in [0.1, 0.15) is 16.9 Å². The van der Waals surface area contributed by atoms with Gasteiger partial charge in [0, 0.05) is 22.9 Å². The Hall–Kier alpha value is -1.81. The summed E-state index contributed by atoms with van der Waals surface area (Å²) >= 11 is 0. The zero-order valence-electron chi connectivity index (χ0n) is 11.1. The highest BCUT2D eigenvalue weighted by molar-refractivity contribution is 5.83. The summed E-state index contributed by atoms with van der Waals surface area (Å²) in [5, 5.41) is 11.2. The molecule has 2 heterocycles. The summed E-state index contributed by atoms with van der Waals surface area (Å²) in [4.78, 5) is 11.4. The average molecular weight is 260 g/mol. The predicted octanol–water partition coefficient (Wildman–Crippen LogP) is 2.43. The van der Waals surface area contributed by atoms with Crippen LogP contribution in [0.5, 0.6) is 5.75 Å². The molecule has 3 rings (SSSR count). The molecule has 4 heteroatoms. The highest BCUT2D eigenvalue weighted by atomic mass is 16.5. The topological polar surface area (TPSA) is 59.7 Å². The van der Waals surface area contributed by atoms with Gasteiger partial charge in [-0.25, -0.2) is 4.79 Å². The van der Waals surface area contributed by atoms with Gasteiger partial charge in [-0.3, -0.25) is 0 Å². The Balaban J connectivity index is 2.33. The lowest BCUT2D eigenvalue weighted by molar-refractivity contribution is -0.0547. The molecule has 2 aromatic rings. The van der Waals surface area contributed by atoms with Crippen molar-refractivity contribution in [2.24, 2.45) is 0 Å². The van der Waals surface area contributed by atoms with E-state index in [4.69, 9.17) is 9.15 Å². The van der Waals surface area contributed by atoms with Crippen molar-refractivity contribution in [1.29, 1.82) is 0 Å². The first-order chi connectivity index (χ1) is 8.90. The quantitative estimate of drug-likeness (QED) is 0.739. The number of rotatable bonds is 0. The summed E-state index contributed by atoms with van der Waals surface area (Å²) in [7, 11) is 0. The van der Waals surface area contributed by atoms with Crippen molar-refractivity contribution in [2.45, 2.75) is 38.4 Å². The summed E-state index contributed by atoms with van der Waals surface area (Å²) in [5.74, 6) is 0.512. The first-order valence-corrected chi connectivity index (χ1v) is 6.34. The standard InChI is InChI=1S/C15H16O4/c1-8-12-10(19-15(2,3)14(8)17)6-4-9-5-7-11(16)18-13(9)12/h4-8,14,17H,1-3H3/t8?,14-/m0/s1. The monoisotopic (exact) mass is 260 g/mol. The van der Waals surface area contributed by atoms with Crippen LogP contribution in [-0.2, 0) is 0 Å². The molecule has 0 radical (unpaired) electrons. The molecule has 0 spiro atoms. The van der Waals surface area contributed by atoms with Crippen molar-refractivity contribution in [1.82, 2.24) is 0 Å². The van der Waals surface area contributed by atoms with E-state index in [2.05, 4.69) is 0 Å². The molecule has 0 aliphatic carbocycles. The Morgan fingerprint density at radius 2 is 1.89 bits per heavy atom. The third kappa shape index (κ3) is 1.75. The van der Waals surface area contributed by atoms with Crippen LogP contribution in [-0.4, -0.2) is 16.8 Å². The van der Waals surface area contributed by atoms with Crippen molar-refractivity contribution < 1.29 is 14.3 Å². The lowest BCUT2D eigenvalue weighted by Crippen LogP contribution is -2.48. The van der Waals surface area contributed by atoms with Crippen LogP contribution < -0.4 is 10.4 Å². The van der Waals surface area contributed by atoms with Crippen LogP contribution in [0.4, 0.5) is 0 Å². The second-order valence-electron chi connectivity index (χ2n) is 5.59. The SMILES string of the molecule is CC1c2c(ccc3ccc(=O)oc23)OC(C)(C)[C@H]1O. The number of fused-ring (bicyclic) bond motifs is 3. The zero-order chi connectivity index (χ0) is 13.8. The largest absolute Gasteiger partial charge is 0.485 e. The maximum Gasteiger partial charge on any atom is 0.336 e. The van der Waals surface area contributed by atoms with Crippen LogP contribution in [0.15, 0.2) is 33.5 Å². The first kappa shape index (κ1) is 12.2. The molecule has 0 amide bonds. The van der Waals surface area contributed by atoms with Gasteiger partial charge in [0.05, 0.1) is 6.10 Å². The molecule has 0 fully saturated rings. The van der Waals surface area contributed by atoms with Crippen LogP contribution in [0.25, 0.3) is 11.0 Å². The summed E-state index contributed by atoms with van der Waals surface area (Å²) in [6.07, 6.45) is -0.656. The van der Waals surface area contributed by atoms with Crippen LogP contribution in [0.1, 0.15) is 32.3 Å². The Labute approximate surface area is 110 Å². The normalized spacial score (nSPS) is 24.8. The minimum absolute atomic E-state index is 0.159. The van der Waals surface area contributed by atoms with Gasteiger partial charge >= 0.3 is 5.63 Å². The van der Waals surface area contributed by atoms with E-state index in [-0.39, 0.29) is 5.92 Å². The second-order valence-corrected chi connectivity index (χ2v) is 5.59. The number of hydrogen-bond donors (Lipinski definition) is 1. The predicted molar refractivity (Wildman–Crippen MR) is 71.6 cm³/mol. The number of ether oxygens (including phenoxy) is 1. The fourth-order valence-corrected chi connectivity index (χ4v) is 2.76. The molecule has 1 aromatic carbocycles. The smallest absolute Gasteiger partial charge is 0.336 e. The van der Waals surface area contributed by atoms with Crippen molar-refractivity contribution in [3.63, 3.8) is 0 Å². The number of benzene rings is 1. The van der Waals surface area contributed by atoms with Gasteiger partial charge in [0.2, 0.25) is 0 Å². The highest BCUT2D eigenvalue weighted by Crippen LogP contribution is 2.43. The van der Waals surface area contributed by atoms with Gasteiger partial charge in [-0.05, 0) is 32.0 Å². The van der Waals surface area contributed by atoms with Crippen molar-refractivity contribution in [2.75, 3.05) is 0 Å². The van der Waals surface area contributed by atoms with E-state index in [9.17, 15) is 9.90 Å². The molecular weight excluding hydrogens is 244 g/mol. The molecule has 4 nitrogen and oxygen atoms in total. The minimum atomic E-state index is -0.658. The van der Waals surface area contributed by atoms with Crippen molar-refractivity contribution >= 4 is 11.0 Å². The minimum Gasteiger partial charge on any atom is -0.485 e. The average Bonchev–Trinajstić information content (AvgIpc) is 2.35. The van der Waals surface area contributed by atoms with Gasteiger partial charge in [-0.15, -0.1) is 0 Å². The van der Waals surface area contributed by atoms with Gasteiger partial charge in [0.15, 0.2) is 0 Å². The molecule has 1 aromatic heterocycles. The molecule has 0 saturated carbocycles. The molecule has 0 bridgehead atoms. The van der Waals surface area contributed by atoms with Gasteiger partial charge in [0.25, 0.3) is 0 Å². The fraction of sp³-hybridized carbons (Fsp3) is 0.400. The number of hydrogen-bond acceptors (Lipinski definition) is 4. The van der Waals surface area contributed by atoms with E-state index >= 15 is 0 Å². The Bertz CT molecular complexity index is 699. The molecule has 2 atom stereocenters. The van der Waals surface area contributed by atoms with E-state index < -0.39 is 17.3 Å². The zero-order valence-corrected chi connectivity index (χ0v) is 11.1. The van der Waals surface area contributed by atoms with Crippen molar-refractivity contribution in [3.05, 3.63) is 40.2 Å². The molecular formula is C15H16O4. The third-order valence-electron chi connectivity index (χ3n) is 3.80. The van der Waals surface area contributed by atoms with E-state index in [1.165, 1.54) is 6.07 Å². The Morgan fingerprint density at radius 1 is 1.21 bits per heavy atom. The summed E-state index contributed by atoms with van der Waals surface area (Å²) in [6.45, 7) is 5.62. The van der Waals surface area contributed by atoms with Crippen molar-refractivity contribution in [3.8, 4) is 5.75 Å². The first-order valence-electron chi connectivity index (χ1n) is 6.34. The molecule has 0 saturated heterocycles. The maximum absolute atomic E-state index is 11.4. The van der Waals surface area contributed by atoms with Gasteiger partial charge in [-0.1, -0.05) is 6.92 Å². The number of aliphatic hydroxyl groups is 1.